The lowest BCUT2D eigenvalue weighted by Crippen LogP contribution is -2.42. The van der Waals surface area contributed by atoms with Gasteiger partial charge >= 0.3 is 0 Å². The van der Waals surface area contributed by atoms with Crippen LogP contribution in [0.5, 0.6) is 0 Å². The number of nitrogens with zero attached hydrogens (tertiary/aromatic N) is 1. The molecule has 1 aliphatic rings. The van der Waals surface area contributed by atoms with Crippen molar-refractivity contribution in [3.8, 4) is 0 Å². The molecule has 2 heterocycles. The molecule has 2 radical (unpaired) electrons. The molecule has 0 amide bonds. The number of aromatic nitrogens is 2. The second-order valence-corrected chi connectivity index (χ2v) is 4.47. The van der Waals surface area contributed by atoms with E-state index in [1.54, 1.807) is 0 Å². The molecule has 2 unspecified atom stereocenters. The molecule has 0 aliphatic carbocycles. The maximum atomic E-state index is 13.2. The summed E-state index contributed by atoms with van der Waals surface area (Å²) >= 11 is 4.87. The molecule has 1 fully saturated rings. The SMILES string of the molecule is [B]C(O)(O)C1CCC(n2cc(F)c(=O)[nH]c2=S)O1. The van der Waals surface area contributed by atoms with Gasteiger partial charge in [-0.3, -0.25) is 14.3 Å². The largest absolute Gasteiger partial charge is 0.372 e. The zero-order valence-corrected chi connectivity index (χ0v) is 9.98. The Morgan fingerprint density at radius 2 is 2.28 bits per heavy atom. The second-order valence-electron chi connectivity index (χ2n) is 4.08. The van der Waals surface area contributed by atoms with Crippen molar-refractivity contribution in [1.82, 2.24) is 9.55 Å². The zero-order valence-electron chi connectivity index (χ0n) is 9.17. The van der Waals surface area contributed by atoms with Gasteiger partial charge in [-0.2, -0.15) is 4.39 Å². The van der Waals surface area contributed by atoms with E-state index in [-0.39, 0.29) is 11.2 Å². The zero-order chi connectivity index (χ0) is 13.5. The Labute approximate surface area is 107 Å². The Morgan fingerprint density at radius 3 is 2.83 bits per heavy atom. The van der Waals surface area contributed by atoms with Gasteiger partial charge in [0.15, 0.2) is 12.6 Å². The first-order chi connectivity index (χ1) is 8.29. The highest BCUT2D eigenvalue weighted by molar-refractivity contribution is 7.71. The summed E-state index contributed by atoms with van der Waals surface area (Å²) in [5, 5.41) is 18.4. The maximum Gasteiger partial charge on any atom is 0.287 e. The van der Waals surface area contributed by atoms with E-state index in [1.165, 1.54) is 4.57 Å². The fourth-order valence-electron chi connectivity index (χ4n) is 1.81. The number of nitrogens with one attached hydrogen (secondary N) is 1. The van der Waals surface area contributed by atoms with Crippen molar-refractivity contribution in [3.05, 3.63) is 27.1 Å². The van der Waals surface area contributed by atoms with Gasteiger partial charge in [0.05, 0.1) is 6.20 Å². The van der Waals surface area contributed by atoms with Crippen molar-refractivity contribution in [2.45, 2.75) is 30.9 Å². The van der Waals surface area contributed by atoms with E-state index in [0.717, 1.165) is 6.20 Å². The molecule has 18 heavy (non-hydrogen) atoms. The molecule has 6 nitrogen and oxygen atoms in total. The second kappa shape index (κ2) is 4.58. The van der Waals surface area contributed by atoms with Gasteiger partial charge in [-0.15, -0.1) is 0 Å². The van der Waals surface area contributed by atoms with Gasteiger partial charge in [0.2, 0.25) is 5.82 Å². The van der Waals surface area contributed by atoms with Crippen LogP contribution in [0.15, 0.2) is 11.0 Å². The van der Waals surface area contributed by atoms with Crippen molar-refractivity contribution in [3.63, 3.8) is 0 Å². The van der Waals surface area contributed by atoms with Gasteiger partial charge in [0.1, 0.15) is 18.0 Å². The highest BCUT2D eigenvalue weighted by atomic mass is 32.1. The predicted octanol–water partition coefficient (Wildman–Crippen LogP) is -0.471. The van der Waals surface area contributed by atoms with Gasteiger partial charge < -0.3 is 14.9 Å². The standard InChI is InChI=1S/C9H10BFN2O4S/c10-9(15,16)5-1-2-6(17-5)13-3-4(11)7(14)12-8(13)18/h3,5-6,15-16H,1-2H2,(H,12,14,18). The molecular formula is C9H10BFN2O4S. The lowest BCUT2D eigenvalue weighted by molar-refractivity contribution is -0.183. The van der Waals surface area contributed by atoms with Crippen molar-refractivity contribution in [2.75, 3.05) is 0 Å². The summed E-state index contributed by atoms with van der Waals surface area (Å²) in [7, 11) is 5.09. The summed E-state index contributed by atoms with van der Waals surface area (Å²) < 4.78 is 19.6. The van der Waals surface area contributed by atoms with E-state index in [0.29, 0.717) is 6.42 Å². The molecule has 0 bridgehead atoms. The first-order valence-corrected chi connectivity index (χ1v) is 5.60. The normalized spacial score (nSPS) is 24.4. The minimum Gasteiger partial charge on any atom is -0.372 e. The highest BCUT2D eigenvalue weighted by Crippen LogP contribution is 2.31. The number of rotatable bonds is 2. The topological polar surface area (TPSA) is 87.5 Å². The molecule has 96 valence electrons. The molecule has 0 saturated carbocycles. The monoisotopic (exact) mass is 272 g/mol. The van der Waals surface area contributed by atoms with E-state index in [2.05, 4.69) is 4.98 Å². The molecule has 3 N–H and O–H groups in total. The van der Waals surface area contributed by atoms with Gasteiger partial charge in [-0.1, -0.05) is 0 Å². The molecule has 1 aliphatic heterocycles. The average Bonchev–Trinajstić information content (AvgIpc) is 2.72. The van der Waals surface area contributed by atoms with Crippen LogP contribution in [0.2, 0.25) is 0 Å². The summed E-state index contributed by atoms with van der Waals surface area (Å²) in [5.74, 6) is -0.998. The number of hydrogen-bond acceptors (Lipinski definition) is 5. The third-order valence-electron chi connectivity index (χ3n) is 2.71. The number of halogens is 1. The van der Waals surface area contributed by atoms with Crippen LogP contribution >= 0.6 is 12.2 Å². The van der Waals surface area contributed by atoms with E-state index in [4.69, 9.17) is 24.8 Å². The average molecular weight is 272 g/mol. The van der Waals surface area contributed by atoms with E-state index in [1.807, 2.05) is 0 Å². The van der Waals surface area contributed by atoms with Crippen LogP contribution in [0.4, 0.5) is 4.39 Å². The number of ether oxygens (including phenoxy) is 1. The maximum absolute atomic E-state index is 13.2. The summed E-state index contributed by atoms with van der Waals surface area (Å²) in [6, 6.07) is 0. The molecule has 1 aromatic rings. The number of H-pyrrole nitrogens is 1. The molecule has 9 heteroatoms. The fraction of sp³-hybridized carbons (Fsp3) is 0.556. The predicted molar refractivity (Wildman–Crippen MR) is 61.9 cm³/mol. The highest BCUT2D eigenvalue weighted by Gasteiger charge is 2.37. The molecule has 2 atom stereocenters. The Kier molecular flexibility index (Phi) is 3.41. The smallest absolute Gasteiger partial charge is 0.287 e. The van der Waals surface area contributed by atoms with Gasteiger partial charge in [0, 0.05) is 0 Å². The quantitative estimate of drug-likeness (QED) is 0.385. The molecule has 1 saturated heterocycles. The van der Waals surface area contributed by atoms with E-state index < -0.39 is 29.4 Å². The summed E-state index contributed by atoms with van der Waals surface area (Å²) in [6.07, 6.45) is -0.141. The van der Waals surface area contributed by atoms with Crippen LogP contribution in [0.3, 0.4) is 0 Å². The minimum absolute atomic E-state index is 0.00875. The van der Waals surface area contributed by atoms with E-state index >= 15 is 0 Å². The lowest BCUT2D eigenvalue weighted by Gasteiger charge is -2.25. The number of aromatic amines is 1. The minimum atomic E-state index is -2.46. The Morgan fingerprint density at radius 1 is 1.61 bits per heavy atom. The van der Waals surface area contributed by atoms with Crippen LogP contribution in [0.25, 0.3) is 0 Å². The summed E-state index contributed by atoms with van der Waals surface area (Å²) in [5.41, 5.74) is -3.37. The Balaban J connectivity index is 2.28. The van der Waals surface area contributed by atoms with Crippen molar-refractivity contribution < 1.29 is 19.3 Å². The summed E-state index contributed by atoms with van der Waals surface area (Å²) in [4.78, 5) is 13.1. The Hall–Kier alpha value is -1.03. The third-order valence-corrected chi connectivity index (χ3v) is 3.02. The molecular weight excluding hydrogens is 262 g/mol. The van der Waals surface area contributed by atoms with Crippen LogP contribution < -0.4 is 5.56 Å². The van der Waals surface area contributed by atoms with Crippen molar-refractivity contribution >= 4 is 20.1 Å². The van der Waals surface area contributed by atoms with Crippen molar-refractivity contribution in [1.29, 1.82) is 0 Å². The van der Waals surface area contributed by atoms with Crippen LogP contribution in [-0.2, 0) is 4.74 Å². The van der Waals surface area contributed by atoms with Crippen LogP contribution in [0, 0.1) is 10.6 Å². The van der Waals surface area contributed by atoms with Crippen LogP contribution in [-0.4, -0.2) is 39.4 Å². The van der Waals surface area contributed by atoms with E-state index in [9.17, 15) is 19.4 Å². The van der Waals surface area contributed by atoms with Gasteiger partial charge in [0.25, 0.3) is 5.56 Å². The molecule has 2 rings (SSSR count). The number of hydrogen-bond donors (Lipinski definition) is 3. The lowest BCUT2D eigenvalue weighted by atomic mass is 9.88. The van der Waals surface area contributed by atoms with Gasteiger partial charge in [-0.25, -0.2) is 0 Å². The third kappa shape index (κ3) is 2.53. The molecule has 1 aromatic heterocycles. The number of aliphatic hydroxyl groups is 2. The summed E-state index contributed by atoms with van der Waals surface area (Å²) in [6.45, 7) is 0. The molecule has 0 aromatic carbocycles. The molecule has 0 spiro atoms. The Bertz CT molecular complexity index is 567. The fourth-order valence-corrected chi connectivity index (χ4v) is 2.07. The van der Waals surface area contributed by atoms with Gasteiger partial charge in [-0.05, 0) is 25.1 Å². The van der Waals surface area contributed by atoms with Crippen LogP contribution in [0.1, 0.15) is 19.1 Å². The van der Waals surface area contributed by atoms with Crippen molar-refractivity contribution in [2.24, 2.45) is 0 Å². The first-order valence-electron chi connectivity index (χ1n) is 5.19. The first kappa shape index (κ1) is 13.4.